The lowest BCUT2D eigenvalue weighted by Gasteiger charge is -2.32. The van der Waals surface area contributed by atoms with Crippen LogP contribution in [0.3, 0.4) is 0 Å². The second-order valence-electron chi connectivity index (χ2n) is 6.70. The molecule has 110 valence electrons. The summed E-state index contributed by atoms with van der Waals surface area (Å²) in [5.74, 6) is 0.683. The molecule has 0 spiro atoms. The zero-order valence-electron chi connectivity index (χ0n) is 13.5. The van der Waals surface area contributed by atoms with Crippen LogP contribution in [0, 0.1) is 40.5 Å². The maximum absolute atomic E-state index is 6.11. The first-order valence-corrected chi connectivity index (χ1v) is 7.91. The van der Waals surface area contributed by atoms with E-state index in [1.165, 1.54) is 46.2 Å². The van der Waals surface area contributed by atoms with Crippen LogP contribution >= 0.6 is 0 Å². The second-order valence-corrected chi connectivity index (χ2v) is 6.70. The van der Waals surface area contributed by atoms with Gasteiger partial charge >= 0.3 is 0 Å². The van der Waals surface area contributed by atoms with E-state index in [2.05, 4.69) is 39.9 Å². The molecular weight excluding hydrogens is 246 g/mol. The van der Waals surface area contributed by atoms with E-state index in [9.17, 15) is 0 Å². The molecule has 2 heteroatoms. The monoisotopic (exact) mass is 273 g/mol. The van der Waals surface area contributed by atoms with Gasteiger partial charge in [0.25, 0.3) is 0 Å². The highest BCUT2D eigenvalue weighted by molar-refractivity contribution is 5.53. The first kappa shape index (κ1) is 14.1. The lowest BCUT2D eigenvalue weighted by Crippen LogP contribution is -2.36. The third-order valence-electron chi connectivity index (χ3n) is 5.88. The van der Waals surface area contributed by atoms with E-state index < -0.39 is 0 Å². The number of benzene rings is 1. The minimum absolute atomic E-state index is 0.0273. The minimum atomic E-state index is 0.0273. The molecule has 0 aromatic heterocycles. The van der Waals surface area contributed by atoms with Crippen molar-refractivity contribution < 1.29 is 4.74 Å². The van der Waals surface area contributed by atoms with E-state index in [-0.39, 0.29) is 5.60 Å². The van der Waals surface area contributed by atoms with E-state index in [0.717, 1.165) is 19.7 Å². The molecule has 1 unspecified atom stereocenters. The minimum Gasteiger partial charge on any atom is -0.364 e. The molecule has 0 saturated carbocycles. The first-order valence-electron chi connectivity index (χ1n) is 7.91. The SMILES string of the molecule is Cc1c(C)c(C)c(C2(C3CCNCC3)CO2)c(C)c1C. The lowest BCUT2D eigenvalue weighted by atomic mass is 9.75. The molecule has 0 aliphatic carbocycles. The van der Waals surface area contributed by atoms with Gasteiger partial charge in [-0.25, -0.2) is 0 Å². The van der Waals surface area contributed by atoms with Crippen molar-refractivity contribution in [3.05, 3.63) is 33.4 Å². The van der Waals surface area contributed by atoms with Gasteiger partial charge in [0, 0.05) is 0 Å². The van der Waals surface area contributed by atoms with E-state index in [0.29, 0.717) is 5.92 Å². The highest BCUT2D eigenvalue weighted by Crippen LogP contribution is 2.52. The van der Waals surface area contributed by atoms with Crippen LogP contribution in [0.5, 0.6) is 0 Å². The highest BCUT2D eigenvalue weighted by atomic mass is 16.6. The molecule has 0 amide bonds. The Morgan fingerprint density at radius 3 is 1.75 bits per heavy atom. The van der Waals surface area contributed by atoms with Crippen LogP contribution in [0.25, 0.3) is 0 Å². The fourth-order valence-electron chi connectivity index (χ4n) is 4.08. The second kappa shape index (κ2) is 4.85. The third kappa shape index (κ3) is 1.93. The summed E-state index contributed by atoms with van der Waals surface area (Å²) >= 11 is 0. The van der Waals surface area contributed by atoms with E-state index in [1.54, 1.807) is 0 Å². The predicted molar refractivity (Wildman–Crippen MR) is 83.4 cm³/mol. The molecule has 3 rings (SSSR count). The largest absolute Gasteiger partial charge is 0.364 e. The van der Waals surface area contributed by atoms with Crippen LogP contribution < -0.4 is 5.32 Å². The third-order valence-corrected chi connectivity index (χ3v) is 5.88. The lowest BCUT2D eigenvalue weighted by molar-refractivity contribution is 0.179. The van der Waals surface area contributed by atoms with Crippen molar-refractivity contribution in [3.63, 3.8) is 0 Å². The zero-order valence-corrected chi connectivity index (χ0v) is 13.5. The molecule has 0 radical (unpaired) electrons. The zero-order chi connectivity index (χ0) is 14.5. The van der Waals surface area contributed by atoms with Crippen molar-refractivity contribution in [2.75, 3.05) is 19.7 Å². The molecule has 2 saturated heterocycles. The predicted octanol–water partition coefficient (Wildman–Crippen LogP) is 3.45. The van der Waals surface area contributed by atoms with E-state index in [1.807, 2.05) is 0 Å². The van der Waals surface area contributed by atoms with Gasteiger partial charge in [0.1, 0.15) is 5.60 Å². The van der Waals surface area contributed by atoms with Crippen LogP contribution in [-0.4, -0.2) is 19.7 Å². The molecule has 1 aromatic rings. The Morgan fingerprint density at radius 2 is 1.30 bits per heavy atom. The summed E-state index contributed by atoms with van der Waals surface area (Å²) < 4.78 is 6.11. The average Bonchev–Trinajstić information content (AvgIpc) is 3.26. The molecule has 2 nitrogen and oxygen atoms in total. The summed E-state index contributed by atoms with van der Waals surface area (Å²) in [5.41, 5.74) is 8.80. The number of hydrogen-bond acceptors (Lipinski definition) is 2. The van der Waals surface area contributed by atoms with Gasteiger partial charge in [-0.2, -0.15) is 0 Å². The Balaban J connectivity index is 2.10. The normalized spacial score (nSPS) is 26.9. The molecule has 2 aliphatic rings. The number of piperidine rings is 1. The molecule has 0 bridgehead atoms. The van der Waals surface area contributed by atoms with Gasteiger partial charge in [-0.1, -0.05) is 0 Å². The Morgan fingerprint density at radius 1 is 0.850 bits per heavy atom. The van der Waals surface area contributed by atoms with Gasteiger partial charge in [-0.05, 0) is 99.8 Å². The van der Waals surface area contributed by atoms with Crippen molar-refractivity contribution in [2.24, 2.45) is 5.92 Å². The van der Waals surface area contributed by atoms with Gasteiger partial charge in [-0.3, -0.25) is 0 Å². The molecule has 2 fully saturated rings. The summed E-state index contributed by atoms with van der Waals surface area (Å²) in [6.45, 7) is 14.5. The van der Waals surface area contributed by atoms with Crippen molar-refractivity contribution in [1.82, 2.24) is 5.32 Å². The highest BCUT2D eigenvalue weighted by Gasteiger charge is 2.54. The standard InChI is InChI=1S/C18H27NO/c1-11-12(2)14(4)17(15(5)13(11)3)18(10-20-18)16-6-8-19-9-7-16/h16,19H,6-10H2,1-5H3. The topological polar surface area (TPSA) is 24.6 Å². The van der Waals surface area contributed by atoms with Crippen LogP contribution in [0.15, 0.2) is 0 Å². The number of ether oxygens (including phenoxy) is 1. The van der Waals surface area contributed by atoms with Crippen LogP contribution in [0.1, 0.15) is 46.2 Å². The Kier molecular flexibility index (Phi) is 3.42. The van der Waals surface area contributed by atoms with Crippen LogP contribution in [-0.2, 0) is 10.3 Å². The van der Waals surface area contributed by atoms with Crippen molar-refractivity contribution >= 4 is 0 Å². The van der Waals surface area contributed by atoms with Gasteiger partial charge < -0.3 is 10.1 Å². The van der Waals surface area contributed by atoms with Gasteiger partial charge in [-0.15, -0.1) is 0 Å². The number of hydrogen-bond donors (Lipinski definition) is 1. The van der Waals surface area contributed by atoms with Gasteiger partial charge in [0.05, 0.1) is 6.61 Å². The molecule has 2 heterocycles. The van der Waals surface area contributed by atoms with E-state index >= 15 is 0 Å². The molecule has 1 N–H and O–H groups in total. The van der Waals surface area contributed by atoms with Gasteiger partial charge in [0.15, 0.2) is 0 Å². The summed E-state index contributed by atoms with van der Waals surface area (Å²) in [5, 5.41) is 3.47. The van der Waals surface area contributed by atoms with Crippen LogP contribution in [0.2, 0.25) is 0 Å². The Hall–Kier alpha value is -0.860. The summed E-state index contributed by atoms with van der Waals surface area (Å²) in [7, 11) is 0. The molecule has 2 aliphatic heterocycles. The Labute approximate surface area is 122 Å². The van der Waals surface area contributed by atoms with Crippen LogP contribution in [0.4, 0.5) is 0 Å². The van der Waals surface area contributed by atoms with Gasteiger partial charge in [0.2, 0.25) is 0 Å². The maximum Gasteiger partial charge on any atom is 0.120 e. The Bertz CT molecular complexity index is 508. The van der Waals surface area contributed by atoms with Crippen molar-refractivity contribution in [2.45, 2.75) is 53.1 Å². The quantitative estimate of drug-likeness (QED) is 0.835. The summed E-state index contributed by atoms with van der Waals surface area (Å²) in [6.07, 6.45) is 2.48. The number of epoxide rings is 1. The van der Waals surface area contributed by atoms with Crippen molar-refractivity contribution in [1.29, 1.82) is 0 Å². The first-order chi connectivity index (χ1) is 9.49. The fourth-order valence-corrected chi connectivity index (χ4v) is 4.08. The van der Waals surface area contributed by atoms with Crippen molar-refractivity contribution in [3.8, 4) is 0 Å². The summed E-state index contributed by atoms with van der Waals surface area (Å²) in [4.78, 5) is 0. The smallest absolute Gasteiger partial charge is 0.120 e. The molecule has 1 aromatic carbocycles. The average molecular weight is 273 g/mol. The van der Waals surface area contributed by atoms with E-state index in [4.69, 9.17) is 4.74 Å². The fraction of sp³-hybridized carbons (Fsp3) is 0.667. The number of rotatable bonds is 2. The molecule has 1 atom stereocenters. The molecular formula is C18H27NO. The molecule has 20 heavy (non-hydrogen) atoms. The maximum atomic E-state index is 6.11. The number of nitrogens with one attached hydrogen (secondary N) is 1. The summed E-state index contributed by atoms with van der Waals surface area (Å²) in [6, 6.07) is 0.